The van der Waals surface area contributed by atoms with Crippen LogP contribution in [0.1, 0.15) is 33.5 Å². The van der Waals surface area contributed by atoms with Crippen LogP contribution in [0.4, 0.5) is 0 Å². The van der Waals surface area contributed by atoms with Crippen molar-refractivity contribution in [1.29, 1.82) is 0 Å². The van der Waals surface area contributed by atoms with Crippen molar-refractivity contribution in [3.05, 3.63) is 11.1 Å². The predicted octanol–water partition coefficient (Wildman–Crippen LogP) is 2.51. The Hall–Kier alpha value is -0.610. The largest absolute Gasteiger partial charge is 0.384 e. The van der Waals surface area contributed by atoms with E-state index in [9.17, 15) is 0 Å². The van der Waals surface area contributed by atoms with E-state index in [0.717, 1.165) is 12.4 Å². The number of aromatic nitrogens is 3. The minimum absolute atomic E-state index is 0.0487. The molecule has 0 amide bonds. The van der Waals surface area contributed by atoms with Crippen LogP contribution in [0.2, 0.25) is 5.28 Å². The monoisotopic (exact) mass is 245 g/mol. The highest BCUT2D eigenvalue weighted by atomic mass is 35.5. The zero-order valence-electron chi connectivity index (χ0n) is 10.6. The number of hydrogen-bond acceptors (Lipinski definition) is 3. The first-order valence-corrected chi connectivity index (χ1v) is 5.82. The second kappa shape index (κ2) is 5.15. The fourth-order valence-corrected chi connectivity index (χ4v) is 1.84. The van der Waals surface area contributed by atoms with Crippen LogP contribution in [0, 0.1) is 5.92 Å². The predicted molar refractivity (Wildman–Crippen MR) is 64.8 cm³/mol. The van der Waals surface area contributed by atoms with Crippen molar-refractivity contribution in [3.8, 4) is 0 Å². The maximum atomic E-state index is 6.04. The van der Waals surface area contributed by atoms with Crippen LogP contribution < -0.4 is 0 Å². The van der Waals surface area contributed by atoms with Gasteiger partial charge in [-0.3, -0.25) is 0 Å². The fourth-order valence-electron chi connectivity index (χ4n) is 1.65. The topological polar surface area (TPSA) is 39.9 Å². The van der Waals surface area contributed by atoms with Crippen molar-refractivity contribution < 1.29 is 4.74 Å². The smallest absolute Gasteiger partial charge is 0.225 e. The van der Waals surface area contributed by atoms with Crippen LogP contribution in [-0.4, -0.2) is 28.5 Å². The molecule has 1 atom stereocenters. The first kappa shape index (κ1) is 13.5. The van der Waals surface area contributed by atoms with Crippen LogP contribution in [0.3, 0.4) is 0 Å². The van der Waals surface area contributed by atoms with E-state index in [2.05, 4.69) is 37.9 Å². The van der Waals surface area contributed by atoms with E-state index in [-0.39, 0.29) is 5.41 Å². The Labute approximate surface area is 102 Å². The summed E-state index contributed by atoms with van der Waals surface area (Å²) in [7, 11) is 1.70. The van der Waals surface area contributed by atoms with E-state index in [0.29, 0.717) is 17.8 Å². The van der Waals surface area contributed by atoms with Crippen molar-refractivity contribution in [2.45, 2.75) is 39.7 Å². The lowest BCUT2D eigenvalue weighted by molar-refractivity contribution is 0.150. The van der Waals surface area contributed by atoms with Gasteiger partial charge in [0.15, 0.2) is 0 Å². The summed E-state index contributed by atoms with van der Waals surface area (Å²) >= 11 is 6.04. The SMILES string of the molecule is COCC(C)Cn1c(Cl)nnc1C(C)(C)C. The van der Waals surface area contributed by atoms with E-state index in [1.54, 1.807) is 7.11 Å². The van der Waals surface area contributed by atoms with Gasteiger partial charge in [-0.05, 0) is 17.5 Å². The van der Waals surface area contributed by atoms with Gasteiger partial charge in [0.05, 0.1) is 6.61 Å². The molecule has 1 aromatic heterocycles. The molecule has 16 heavy (non-hydrogen) atoms. The first-order chi connectivity index (χ1) is 7.36. The third-order valence-corrected chi connectivity index (χ3v) is 2.60. The number of halogens is 1. The third-order valence-electron chi connectivity index (χ3n) is 2.32. The van der Waals surface area contributed by atoms with Gasteiger partial charge in [0, 0.05) is 19.1 Å². The Morgan fingerprint density at radius 1 is 1.38 bits per heavy atom. The lowest BCUT2D eigenvalue weighted by Crippen LogP contribution is -2.22. The molecule has 0 aliphatic heterocycles. The maximum absolute atomic E-state index is 6.04. The van der Waals surface area contributed by atoms with Crippen molar-refractivity contribution in [3.63, 3.8) is 0 Å². The molecule has 1 heterocycles. The fraction of sp³-hybridized carbons (Fsp3) is 0.818. The maximum Gasteiger partial charge on any atom is 0.225 e. The Morgan fingerprint density at radius 3 is 2.50 bits per heavy atom. The highest BCUT2D eigenvalue weighted by molar-refractivity contribution is 6.28. The number of ether oxygens (including phenoxy) is 1. The average Bonchev–Trinajstić information content (AvgIpc) is 2.47. The van der Waals surface area contributed by atoms with Gasteiger partial charge in [-0.2, -0.15) is 0 Å². The summed E-state index contributed by atoms with van der Waals surface area (Å²) in [6.45, 7) is 9.91. The molecule has 0 fully saturated rings. The van der Waals surface area contributed by atoms with Crippen molar-refractivity contribution in [2.24, 2.45) is 5.92 Å². The summed E-state index contributed by atoms with van der Waals surface area (Å²) in [6, 6.07) is 0. The molecule has 0 aliphatic carbocycles. The minimum Gasteiger partial charge on any atom is -0.384 e. The zero-order valence-corrected chi connectivity index (χ0v) is 11.4. The molecule has 0 radical (unpaired) electrons. The Morgan fingerprint density at radius 2 is 2.00 bits per heavy atom. The molecule has 0 spiro atoms. The summed E-state index contributed by atoms with van der Waals surface area (Å²) < 4.78 is 7.08. The molecule has 0 saturated heterocycles. The Bertz CT molecular complexity index is 343. The molecule has 0 saturated carbocycles. The molecule has 4 nitrogen and oxygen atoms in total. The molecule has 1 unspecified atom stereocenters. The standard InChI is InChI=1S/C11H20ClN3O/c1-8(7-16-5)6-15-9(11(2,3)4)13-14-10(15)12/h8H,6-7H2,1-5H3. The number of hydrogen-bond donors (Lipinski definition) is 0. The second-order valence-corrected chi connectivity index (χ2v) is 5.55. The van der Waals surface area contributed by atoms with Crippen LogP contribution in [-0.2, 0) is 16.7 Å². The lowest BCUT2D eigenvalue weighted by atomic mass is 9.95. The van der Waals surface area contributed by atoms with Crippen LogP contribution in [0.5, 0.6) is 0 Å². The normalized spacial score (nSPS) is 14.1. The average molecular weight is 246 g/mol. The molecule has 0 N–H and O–H groups in total. The number of rotatable bonds is 4. The molecular formula is C11H20ClN3O. The summed E-state index contributed by atoms with van der Waals surface area (Å²) in [5.41, 5.74) is -0.0487. The molecule has 1 rings (SSSR count). The van der Waals surface area contributed by atoms with Crippen LogP contribution in [0.15, 0.2) is 0 Å². The van der Waals surface area contributed by atoms with Crippen molar-refractivity contribution >= 4 is 11.6 Å². The van der Waals surface area contributed by atoms with Crippen molar-refractivity contribution in [1.82, 2.24) is 14.8 Å². The van der Waals surface area contributed by atoms with Crippen LogP contribution >= 0.6 is 11.6 Å². The summed E-state index contributed by atoms with van der Waals surface area (Å²) in [5.74, 6) is 1.31. The van der Waals surface area contributed by atoms with Gasteiger partial charge in [0.2, 0.25) is 5.28 Å². The molecule has 0 aliphatic rings. The van der Waals surface area contributed by atoms with Gasteiger partial charge < -0.3 is 9.30 Å². The zero-order chi connectivity index (χ0) is 12.3. The summed E-state index contributed by atoms with van der Waals surface area (Å²) in [6.07, 6.45) is 0. The Balaban J connectivity index is 2.90. The molecular weight excluding hydrogens is 226 g/mol. The van der Waals surface area contributed by atoms with E-state index in [4.69, 9.17) is 16.3 Å². The molecule has 1 aromatic rings. The van der Waals surface area contributed by atoms with E-state index >= 15 is 0 Å². The lowest BCUT2D eigenvalue weighted by Gasteiger charge is -2.20. The highest BCUT2D eigenvalue weighted by Crippen LogP contribution is 2.23. The molecule has 0 bridgehead atoms. The van der Waals surface area contributed by atoms with Gasteiger partial charge in [0.25, 0.3) is 0 Å². The summed E-state index contributed by atoms with van der Waals surface area (Å²) in [4.78, 5) is 0. The van der Waals surface area contributed by atoms with Gasteiger partial charge in [-0.15, -0.1) is 10.2 Å². The molecule has 92 valence electrons. The molecule has 5 heteroatoms. The van der Waals surface area contributed by atoms with Gasteiger partial charge in [-0.1, -0.05) is 27.7 Å². The van der Waals surface area contributed by atoms with E-state index in [1.807, 2.05) is 4.57 Å². The first-order valence-electron chi connectivity index (χ1n) is 5.44. The van der Waals surface area contributed by atoms with Gasteiger partial charge in [-0.25, -0.2) is 0 Å². The van der Waals surface area contributed by atoms with Crippen LogP contribution in [0.25, 0.3) is 0 Å². The van der Waals surface area contributed by atoms with Crippen molar-refractivity contribution in [2.75, 3.05) is 13.7 Å². The number of nitrogens with zero attached hydrogens (tertiary/aromatic N) is 3. The quantitative estimate of drug-likeness (QED) is 0.818. The Kier molecular flexibility index (Phi) is 4.33. The third kappa shape index (κ3) is 3.19. The summed E-state index contributed by atoms with van der Waals surface area (Å²) in [5, 5.41) is 8.53. The second-order valence-electron chi connectivity index (χ2n) is 5.21. The van der Waals surface area contributed by atoms with E-state index in [1.165, 1.54) is 0 Å². The van der Waals surface area contributed by atoms with Gasteiger partial charge in [0.1, 0.15) is 5.82 Å². The minimum atomic E-state index is -0.0487. The van der Waals surface area contributed by atoms with E-state index < -0.39 is 0 Å². The van der Waals surface area contributed by atoms with Gasteiger partial charge >= 0.3 is 0 Å². The molecule has 0 aromatic carbocycles. The number of methoxy groups -OCH3 is 1. The highest BCUT2D eigenvalue weighted by Gasteiger charge is 2.23.